The Labute approximate surface area is 232 Å². The molecule has 2 amide bonds. The fourth-order valence-electron chi connectivity index (χ4n) is 3.99. The summed E-state index contributed by atoms with van der Waals surface area (Å²) < 4.78 is 51.4. The fraction of sp³-hybridized carbons (Fsp3) is 0.444. The lowest BCUT2D eigenvalue weighted by atomic mass is 10.0. The molecule has 0 saturated carbocycles. The third kappa shape index (κ3) is 7.99. The van der Waals surface area contributed by atoms with Gasteiger partial charge in [-0.2, -0.15) is 4.31 Å². The van der Waals surface area contributed by atoms with Gasteiger partial charge in [-0.1, -0.05) is 12.1 Å². The van der Waals surface area contributed by atoms with Crippen molar-refractivity contribution in [2.45, 2.75) is 62.3 Å². The van der Waals surface area contributed by atoms with Gasteiger partial charge in [0, 0.05) is 33.5 Å². The third-order valence-electron chi connectivity index (χ3n) is 5.90. The molecule has 0 radical (unpaired) electrons. The molecular formula is C27H34FN3O8S. The molecule has 1 aliphatic heterocycles. The van der Waals surface area contributed by atoms with Crippen molar-refractivity contribution in [1.29, 1.82) is 0 Å². The van der Waals surface area contributed by atoms with Gasteiger partial charge in [0.2, 0.25) is 15.9 Å². The second-order valence-electron chi connectivity index (χ2n) is 10.6. The number of aliphatic hydroxyl groups excluding tert-OH is 1. The summed E-state index contributed by atoms with van der Waals surface area (Å²) in [4.78, 5) is 39.3. The van der Waals surface area contributed by atoms with Gasteiger partial charge >= 0.3 is 12.1 Å². The maximum absolute atomic E-state index is 13.4. The molecular weight excluding hydrogens is 545 g/mol. The molecule has 11 nitrogen and oxygen atoms in total. The Hall–Kier alpha value is -3.55. The molecule has 0 aliphatic carbocycles. The van der Waals surface area contributed by atoms with E-state index in [4.69, 9.17) is 9.47 Å². The van der Waals surface area contributed by atoms with E-state index >= 15 is 0 Å². The molecule has 13 heteroatoms. The van der Waals surface area contributed by atoms with Gasteiger partial charge in [-0.15, -0.1) is 0 Å². The van der Waals surface area contributed by atoms with Gasteiger partial charge in [-0.05, 0) is 62.7 Å². The molecule has 2 aromatic rings. The van der Waals surface area contributed by atoms with Crippen LogP contribution in [0.3, 0.4) is 0 Å². The van der Waals surface area contributed by atoms with Crippen LogP contribution in [0.25, 0.3) is 0 Å². The van der Waals surface area contributed by atoms with Crippen LogP contribution in [0.5, 0.6) is 5.75 Å². The van der Waals surface area contributed by atoms with Crippen molar-refractivity contribution in [3.8, 4) is 5.75 Å². The summed E-state index contributed by atoms with van der Waals surface area (Å²) in [7, 11) is -1.18. The lowest BCUT2D eigenvalue weighted by Crippen LogP contribution is -2.52. The Bertz CT molecular complexity index is 1330. The number of halogens is 1. The number of rotatable bonds is 8. The van der Waals surface area contributed by atoms with Gasteiger partial charge < -0.3 is 24.8 Å². The average molecular weight is 580 g/mol. The predicted octanol–water partition coefficient (Wildman–Crippen LogP) is 2.08. The summed E-state index contributed by atoms with van der Waals surface area (Å²) in [5.41, 5.74) is -0.269. The maximum Gasteiger partial charge on any atom is 0.414 e. The first-order valence-electron chi connectivity index (χ1n) is 12.5. The zero-order valence-electron chi connectivity index (χ0n) is 23.0. The van der Waals surface area contributed by atoms with Crippen LogP contribution in [0.2, 0.25) is 0 Å². The van der Waals surface area contributed by atoms with Crippen molar-refractivity contribution in [1.82, 2.24) is 14.5 Å². The van der Waals surface area contributed by atoms with Crippen molar-refractivity contribution in [2.75, 3.05) is 20.6 Å². The predicted molar refractivity (Wildman–Crippen MR) is 142 cm³/mol. The molecule has 0 unspecified atom stereocenters. The first-order chi connectivity index (χ1) is 18.6. The number of hydrogen-bond donors (Lipinski definition) is 2. The van der Waals surface area contributed by atoms with E-state index in [1.807, 2.05) is 0 Å². The summed E-state index contributed by atoms with van der Waals surface area (Å²) in [6, 6.07) is 7.92. The smallest absolute Gasteiger partial charge is 0.414 e. The number of carbonyl (C=O) groups is 3. The van der Waals surface area contributed by atoms with Crippen molar-refractivity contribution >= 4 is 28.0 Å². The molecule has 1 fully saturated rings. The minimum Gasteiger partial charge on any atom is -0.458 e. The first-order valence-corrected chi connectivity index (χ1v) is 14.0. The van der Waals surface area contributed by atoms with Gasteiger partial charge in [0.1, 0.15) is 29.3 Å². The van der Waals surface area contributed by atoms with Crippen LogP contribution in [0.1, 0.15) is 32.8 Å². The fourth-order valence-corrected chi connectivity index (χ4v) is 5.62. The number of aliphatic hydroxyl groups is 1. The summed E-state index contributed by atoms with van der Waals surface area (Å²) in [5, 5.41) is 12.8. The van der Waals surface area contributed by atoms with Gasteiger partial charge in [0.15, 0.2) is 0 Å². The number of amides is 2. The van der Waals surface area contributed by atoms with E-state index in [1.165, 1.54) is 17.0 Å². The maximum atomic E-state index is 13.4. The number of nitrogens with one attached hydrogen (secondary N) is 1. The van der Waals surface area contributed by atoms with Gasteiger partial charge in [-0.3, -0.25) is 4.79 Å². The molecule has 2 N–H and O–H groups in total. The molecule has 1 heterocycles. The van der Waals surface area contributed by atoms with E-state index in [2.05, 4.69) is 5.32 Å². The van der Waals surface area contributed by atoms with Crippen LogP contribution >= 0.6 is 0 Å². The Balaban J connectivity index is 1.82. The zero-order chi connectivity index (χ0) is 29.8. The van der Waals surface area contributed by atoms with Crippen LogP contribution in [-0.4, -0.2) is 85.1 Å². The van der Waals surface area contributed by atoms with Gasteiger partial charge in [0.05, 0.1) is 11.0 Å². The molecule has 3 rings (SSSR count). The second-order valence-corrected chi connectivity index (χ2v) is 12.5. The Kier molecular flexibility index (Phi) is 9.54. The monoisotopic (exact) mass is 579 g/mol. The van der Waals surface area contributed by atoms with Crippen molar-refractivity contribution in [3.63, 3.8) is 0 Å². The molecule has 2 aromatic carbocycles. The number of benzene rings is 2. The van der Waals surface area contributed by atoms with Gasteiger partial charge in [-0.25, -0.2) is 22.4 Å². The van der Waals surface area contributed by atoms with E-state index in [0.717, 1.165) is 28.6 Å². The summed E-state index contributed by atoms with van der Waals surface area (Å²) >= 11 is 0. The number of sulfonamides is 1. The summed E-state index contributed by atoms with van der Waals surface area (Å²) in [6.45, 7) is 4.66. The number of nitrogens with zero attached hydrogens (tertiary/aromatic N) is 2. The average Bonchev–Trinajstić information content (AvgIpc) is 3.26. The number of carbonyl (C=O) groups excluding carboxylic acids is 3. The molecule has 0 bridgehead atoms. The minimum absolute atomic E-state index is 0.0114. The van der Waals surface area contributed by atoms with Crippen LogP contribution in [0, 0.1) is 5.82 Å². The van der Waals surface area contributed by atoms with Crippen molar-refractivity contribution in [2.24, 2.45) is 0 Å². The highest BCUT2D eigenvalue weighted by molar-refractivity contribution is 7.89. The van der Waals surface area contributed by atoms with Crippen LogP contribution in [-0.2, 0) is 30.8 Å². The first kappa shape index (κ1) is 31.0. The van der Waals surface area contributed by atoms with Crippen molar-refractivity contribution in [3.05, 3.63) is 59.9 Å². The van der Waals surface area contributed by atoms with E-state index in [9.17, 15) is 32.3 Å². The number of hydrogen-bond acceptors (Lipinski definition) is 8. The molecule has 1 saturated heterocycles. The molecule has 218 valence electrons. The highest BCUT2D eigenvalue weighted by atomic mass is 32.2. The number of esters is 1. The SMILES string of the molecule is CN(C)C(=O)Oc1ccc(C[C@H](NC(=O)[C@@H]2C[C@@H](O)CN2S(=O)(=O)c2ccc(F)cc2)C(=O)OC(C)(C)C)cc1. The minimum atomic E-state index is -4.26. The topological polar surface area (TPSA) is 143 Å². The molecule has 0 spiro atoms. The Morgan fingerprint density at radius 2 is 1.70 bits per heavy atom. The largest absolute Gasteiger partial charge is 0.458 e. The molecule has 1 aliphatic rings. The molecule has 3 atom stereocenters. The van der Waals surface area contributed by atoms with E-state index in [0.29, 0.717) is 5.56 Å². The Morgan fingerprint density at radius 1 is 1.10 bits per heavy atom. The van der Waals surface area contributed by atoms with E-state index in [1.54, 1.807) is 47.0 Å². The van der Waals surface area contributed by atoms with E-state index < -0.39 is 57.6 Å². The molecule has 40 heavy (non-hydrogen) atoms. The summed E-state index contributed by atoms with van der Waals surface area (Å²) in [6.07, 6.45) is -1.89. The Morgan fingerprint density at radius 3 is 2.25 bits per heavy atom. The number of β-amino-alcohol motifs (C(OH)–C–C–N with tert-alkyl or cyclic N) is 1. The van der Waals surface area contributed by atoms with Crippen molar-refractivity contribution < 1.29 is 41.8 Å². The zero-order valence-corrected chi connectivity index (χ0v) is 23.8. The molecule has 0 aromatic heterocycles. The van der Waals surface area contributed by atoms with Crippen LogP contribution in [0.4, 0.5) is 9.18 Å². The highest BCUT2D eigenvalue weighted by Crippen LogP contribution is 2.27. The van der Waals surface area contributed by atoms with Gasteiger partial charge in [0.25, 0.3) is 0 Å². The van der Waals surface area contributed by atoms with Crippen LogP contribution < -0.4 is 10.1 Å². The third-order valence-corrected chi connectivity index (χ3v) is 7.79. The lowest BCUT2D eigenvalue weighted by molar-refractivity contribution is -0.158. The highest BCUT2D eigenvalue weighted by Gasteiger charge is 2.44. The van der Waals surface area contributed by atoms with Crippen LogP contribution in [0.15, 0.2) is 53.4 Å². The quantitative estimate of drug-likeness (QED) is 0.453. The standard InChI is InChI=1S/C27H34FN3O8S/c1-27(2,3)39-25(34)22(14-17-6-10-20(11-7-17)38-26(35)30(4)5)29-24(33)23-15-19(32)16-31(23)40(36,37)21-12-8-18(28)9-13-21/h6-13,19,22-23,32H,14-16H2,1-5H3,(H,29,33)/t19-,22+,23+/m1/s1. The number of ether oxygens (including phenoxy) is 2. The van der Waals surface area contributed by atoms with E-state index in [-0.39, 0.29) is 30.0 Å². The lowest BCUT2D eigenvalue weighted by Gasteiger charge is -2.27. The summed E-state index contributed by atoms with van der Waals surface area (Å²) in [5.74, 6) is -1.88. The normalized spacial score (nSPS) is 18.6. The second kappa shape index (κ2) is 12.3.